The molecule has 0 bridgehead atoms. The lowest BCUT2D eigenvalue weighted by Crippen LogP contribution is -1.75. The highest BCUT2D eigenvalue weighted by molar-refractivity contribution is 6.29. The minimum Gasteiger partial charge on any atom is -0.281 e. The molecule has 1 aromatic heterocycles. The predicted molar refractivity (Wildman–Crippen MR) is 44.3 cm³/mol. The highest BCUT2D eigenvalue weighted by Crippen LogP contribution is 2.04. The molecule has 10 heavy (non-hydrogen) atoms. The fraction of sp³-hybridized carbons (Fsp3) is 0.571. The lowest BCUT2D eigenvalue weighted by molar-refractivity contribution is 0.975. The summed E-state index contributed by atoms with van der Waals surface area (Å²) in [6.45, 7) is 6.05. The van der Waals surface area contributed by atoms with E-state index >= 15 is 0 Å². The number of nitrogens with one attached hydrogen (secondary N) is 1. The average molecular weight is 161 g/mol. The van der Waals surface area contributed by atoms with E-state index in [0.717, 1.165) is 12.1 Å². The third-order valence-electron chi connectivity index (χ3n) is 0.981. The minimum absolute atomic E-state index is 0.543. The van der Waals surface area contributed by atoms with E-state index in [9.17, 15) is 0 Å². The number of aryl methyl sites for hydroxylation is 1. The van der Waals surface area contributed by atoms with Crippen molar-refractivity contribution < 1.29 is 0 Å². The topological polar surface area (TPSA) is 28.7 Å². The maximum absolute atomic E-state index is 5.50. The van der Waals surface area contributed by atoms with Crippen LogP contribution in [0.1, 0.15) is 26.5 Å². The fourth-order valence-corrected chi connectivity index (χ4v) is 0.689. The lowest BCUT2D eigenvalue weighted by atomic mass is 10.4. The zero-order chi connectivity index (χ0) is 7.98. The van der Waals surface area contributed by atoms with Crippen LogP contribution in [0.15, 0.2) is 6.07 Å². The smallest absolute Gasteiger partial charge is 0.151 e. The first-order valence-corrected chi connectivity index (χ1v) is 3.90. The summed E-state index contributed by atoms with van der Waals surface area (Å²) in [5.41, 5.74) is 1.08. The summed E-state index contributed by atoms with van der Waals surface area (Å²) in [5, 5.41) is 7.04. The molecular formula is C7H13ClN2. The minimum atomic E-state index is 0.543. The lowest BCUT2D eigenvalue weighted by Gasteiger charge is -1.79. The van der Waals surface area contributed by atoms with Gasteiger partial charge in [-0.05, 0) is 12.5 Å². The van der Waals surface area contributed by atoms with Gasteiger partial charge in [0.2, 0.25) is 0 Å². The Kier molecular flexibility index (Phi) is 5.03. The monoisotopic (exact) mass is 160 g/mol. The normalized spacial score (nSPS) is 8.40. The molecule has 0 unspecified atom stereocenters. The quantitative estimate of drug-likeness (QED) is 0.673. The largest absolute Gasteiger partial charge is 0.281 e. The molecule has 1 N–H and O–H groups in total. The van der Waals surface area contributed by atoms with Crippen LogP contribution in [0.4, 0.5) is 0 Å². The Morgan fingerprint density at radius 3 is 2.40 bits per heavy atom. The van der Waals surface area contributed by atoms with Crippen LogP contribution in [0.5, 0.6) is 0 Å². The highest BCUT2D eigenvalue weighted by Gasteiger charge is 1.91. The van der Waals surface area contributed by atoms with Crippen LogP contribution in [0.3, 0.4) is 0 Å². The first-order chi connectivity index (χ1) is 4.83. The highest BCUT2D eigenvalue weighted by atomic mass is 35.5. The molecule has 0 atom stereocenters. The number of rotatable bonds is 1. The summed E-state index contributed by atoms with van der Waals surface area (Å²) in [5.74, 6) is 0. The van der Waals surface area contributed by atoms with Gasteiger partial charge in [-0.1, -0.05) is 32.4 Å². The molecule has 3 heteroatoms. The van der Waals surface area contributed by atoms with Crippen LogP contribution in [-0.2, 0) is 6.42 Å². The number of hydrogen-bond donors (Lipinski definition) is 1. The number of aromatic nitrogens is 2. The standard InChI is InChI=1S/C5H7ClN2.C2H6/c1-2-4-3-5(6)8-7-4;1-2/h3H,2H2,1H3,(H,7,8);1-2H3. The Morgan fingerprint density at radius 1 is 1.60 bits per heavy atom. The van der Waals surface area contributed by atoms with Crippen LogP contribution in [0.25, 0.3) is 0 Å². The van der Waals surface area contributed by atoms with Gasteiger partial charge in [-0.3, -0.25) is 5.10 Å². The zero-order valence-electron chi connectivity index (χ0n) is 6.61. The summed E-state index contributed by atoms with van der Waals surface area (Å²) >= 11 is 5.50. The van der Waals surface area contributed by atoms with E-state index in [4.69, 9.17) is 11.6 Å². The van der Waals surface area contributed by atoms with Gasteiger partial charge in [0.15, 0.2) is 5.15 Å². The van der Waals surface area contributed by atoms with E-state index in [0.29, 0.717) is 5.15 Å². The number of nitrogens with zero attached hydrogens (tertiary/aromatic N) is 1. The molecule has 0 saturated carbocycles. The van der Waals surface area contributed by atoms with Gasteiger partial charge in [0.05, 0.1) is 0 Å². The Labute approximate surface area is 66.6 Å². The molecule has 0 saturated heterocycles. The van der Waals surface area contributed by atoms with Crippen molar-refractivity contribution >= 4 is 11.6 Å². The van der Waals surface area contributed by atoms with Gasteiger partial charge in [0.1, 0.15) is 0 Å². The van der Waals surface area contributed by atoms with Gasteiger partial charge in [-0.25, -0.2) is 0 Å². The van der Waals surface area contributed by atoms with Crippen molar-refractivity contribution in [1.29, 1.82) is 0 Å². The van der Waals surface area contributed by atoms with Crippen molar-refractivity contribution in [1.82, 2.24) is 10.2 Å². The van der Waals surface area contributed by atoms with E-state index in [1.165, 1.54) is 0 Å². The molecule has 2 nitrogen and oxygen atoms in total. The maximum atomic E-state index is 5.50. The van der Waals surface area contributed by atoms with Gasteiger partial charge in [0, 0.05) is 5.69 Å². The van der Waals surface area contributed by atoms with Crippen LogP contribution in [0.2, 0.25) is 5.15 Å². The molecule has 0 fully saturated rings. The van der Waals surface area contributed by atoms with Gasteiger partial charge < -0.3 is 0 Å². The first-order valence-electron chi connectivity index (χ1n) is 3.52. The van der Waals surface area contributed by atoms with E-state index in [1.807, 2.05) is 26.8 Å². The van der Waals surface area contributed by atoms with Crippen molar-refractivity contribution in [2.75, 3.05) is 0 Å². The fourth-order valence-electron chi connectivity index (χ4n) is 0.515. The predicted octanol–water partition coefficient (Wildman–Crippen LogP) is 2.65. The Bertz CT molecular complexity index is 172. The maximum Gasteiger partial charge on any atom is 0.151 e. The van der Waals surface area contributed by atoms with Crippen LogP contribution >= 0.6 is 11.6 Å². The SMILES string of the molecule is CC.CCc1cc(Cl)n[nH]1. The molecule has 0 aliphatic rings. The first kappa shape index (κ1) is 9.50. The third-order valence-corrected chi connectivity index (χ3v) is 1.17. The summed E-state index contributed by atoms with van der Waals surface area (Å²) in [6, 6.07) is 1.82. The Morgan fingerprint density at radius 2 is 2.20 bits per heavy atom. The Balaban J connectivity index is 0.000000371. The summed E-state index contributed by atoms with van der Waals surface area (Å²) < 4.78 is 0. The molecule has 0 amide bonds. The number of halogens is 1. The second-order valence-corrected chi connectivity index (χ2v) is 1.96. The summed E-state index contributed by atoms with van der Waals surface area (Å²) in [7, 11) is 0. The molecule has 0 aliphatic carbocycles. The summed E-state index contributed by atoms with van der Waals surface area (Å²) in [4.78, 5) is 0. The van der Waals surface area contributed by atoms with Crippen LogP contribution < -0.4 is 0 Å². The van der Waals surface area contributed by atoms with E-state index in [-0.39, 0.29) is 0 Å². The van der Waals surface area contributed by atoms with E-state index in [2.05, 4.69) is 10.2 Å². The van der Waals surface area contributed by atoms with Crippen molar-refractivity contribution in [2.24, 2.45) is 0 Å². The average Bonchev–Trinajstić information content (AvgIpc) is 2.40. The summed E-state index contributed by atoms with van der Waals surface area (Å²) in [6.07, 6.45) is 0.958. The molecule has 0 aliphatic heterocycles. The molecule has 0 aromatic carbocycles. The van der Waals surface area contributed by atoms with Gasteiger partial charge >= 0.3 is 0 Å². The van der Waals surface area contributed by atoms with Crippen LogP contribution in [0, 0.1) is 0 Å². The van der Waals surface area contributed by atoms with Gasteiger partial charge in [0.25, 0.3) is 0 Å². The molecule has 0 spiro atoms. The number of aromatic amines is 1. The Hall–Kier alpha value is -0.500. The molecule has 58 valence electrons. The van der Waals surface area contributed by atoms with Crippen LogP contribution in [-0.4, -0.2) is 10.2 Å². The van der Waals surface area contributed by atoms with Crippen molar-refractivity contribution in [3.05, 3.63) is 16.9 Å². The third kappa shape index (κ3) is 2.87. The molecule has 1 aromatic rings. The van der Waals surface area contributed by atoms with Crippen molar-refractivity contribution in [3.8, 4) is 0 Å². The molecule has 0 radical (unpaired) electrons. The second kappa shape index (κ2) is 5.30. The van der Waals surface area contributed by atoms with Crippen molar-refractivity contribution in [2.45, 2.75) is 27.2 Å². The molecule has 1 rings (SSSR count). The van der Waals surface area contributed by atoms with E-state index in [1.54, 1.807) is 0 Å². The van der Waals surface area contributed by atoms with Crippen molar-refractivity contribution in [3.63, 3.8) is 0 Å². The number of H-pyrrole nitrogens is 1. The molecular weight excluding hydrogens is 148 g/mol. The molecule has 1 heterocycles. The van der Waals surface area contributed by atoms with Gasteiger partial charge in [-0.15, -0.1) is 0 Å². The number of hydrogen-bond acceptors (Lipinski definition) is 1. The van der Waals surface area contributed by atoms with Gasteiger partial charge in [-0.2, -0.15) is 5.10 Å². The van der Waals surface area contributed by atoms with E-state index < -0.39 is 0 Å². The zero-order valence-corrected chi connectivity index (χ0v) is 7.37. The second-order valence-electron chi connectivity index (χ2n) is 1.57.